The monoisotopic (exact) mass is 391 g/mol. The molecule has 4 nitrogen and oxygen atoms in total. The molecule has 2 aromatic carbocycles. The summed E-state index contributed by atoms with van der Waals surface area (Å²) < 4.78 is 5.06. The highest BCUT2D eigenvalue weighted by Gasteiger charge is 2.55. The second-order valence-corrected chi connectivity index (χ2v) is 9.59. The normalized spacial score (nSPS) is 30.9. The van der Waals surface area contributed by atoms with Crippen LogP contribution in [0.3, 0.4) is 0 Å². The first kappa shape index (κ1) is 18.7. The maximum Gasteiger partial charge on any atom is 0.328 e. The van der Waals surface area contributed by atoms with Crippen LogP contribution in [-0.2, 0) is 20.7 Å². The maximum atomic E-state index is 13.5. The number of fused-ring (bicyclic) bond motifs is 1. The molecule has 0 heterocycles. The van der Waals surface area contributed by atoms with Gasteiger partial charge in [-0.1, -0.05) is 42.5 Å². The molecule has 0 spiro atoms. The fraction of sp³-hybridized carbons (Fsp3) is 0.520. The predicted octanol–water partition coefficient (Wildman–Crippen LogP) is 4.26. The lowest BCUT2D eigenvalue weighted by Gasteiger charge is -2.55. The van der Waals surface area contributed by atoms with Crippen LogP contribution in [0.5, 0.6) is 0 Å². The Bertz CT molecular complexity index is 909. The minimum absolute atomic E-state index is 0.0761. The van der Waals surface area contributed by atoms with Crippen LogP contribution >= 0.6 is 0 Å². The Morgan fingerprint density at radius 1 is 1.00 bits per heavy atom. The van der Waals surface area contributed by atoms with E-state index in [1.54, 1.807) is 0 Å². The molecule has 4 heteroatoms. The van der Waals surface area contributed by atoms with Gasteiger partial charge in [-0.15, -0.1) is 0 Å². The molecule has 4 fully saturated rings. The summed E-state index contributed by atoms with van der Waals surface area (Å²) >= 11 is 0. The zero-order valence-electron chi connectivity index (χ0n) is 17.0. The van der Waals surface area contributed by atoms with Crippen LogP contribution in [0.25, 0.3) is 10.8 Å². The molecule has 4 aliphatic rings. The summed E-state index contributed by atoms with van der Waals surface area (Å²) in [6, 6.07) is 13.6. The van der Waals surface area contributed by atoms with Crippen LogP contribution in [0.1, 0.15) is 44.1 Å². The molecule has 0 unspecified atom stereocenters. The van der Waals surface area contributed by atoms with Crippen LogP contribution in [0.15, 0.2) is 42.5 Å². The fourth-order valence-corrected chi connectivity index (χ4v) is 6.73. The van der Waals surface area contributed by atoms with Gasteiger partial charge in [-0.25, -0.2) is 4.79 Å². The van der Waals surface area contributed by atoms with Gasteiger partial charge in [0.1, 0.15) is 6.04 Å². The van der Waals surface area contributed by atoms with Crippen molar-refractivity contribution in [3.05, 3.63) is 48.0 Å². The molecule has 152 valence electrons. The smallest absolute Gasteiger partial charge is 0.328 e. The average Bonchev–Trinajstić information content (AvgIpc) is 2.72. The van der Waals surface area contributed by atoms with Gasteiger partial charge in [0.05, 0.1) is 7.11 Å². The van der Waals surface area contributed by atoms with Gasteiger partial charge in [0, 0.05) is 11.8 Å². The van der Waals surface area contributed by atoms with Gasteiger partial charge in [-0.2, -0.15) is 0 Å². The molecule has 0 saturated heterocycles. The maximum absolute atomic E-state index is 13.5. The molecule has 0 aliphatic heterocycles. The van der Waals surface area contributed by atoms with Gasteiger partial charge in [-0.3, -0.25) is 4.79 Å². The molecule has 4 bridgehead atoms. The number of ether oxygens (including phenoxy) is 1. The van der Waals surface area contributed by atoms with E-state index < -0.39 is 6.04 Å². The van der Waals surface area contributed by atoms with Crippen LogP contribution in [0.2, 0.25) is 0 Å². The Morgan fingerprint density at radius 3 is 2.28 bits per heavy atom. The van der Waals surface area contributed by atoms with Crippen molar-refractivity contribution in [1.29, 1.82) is 0 Å². The molecule has 0 radical (unpaired) electrons. The predicted molar refractivity (Wildman–Crippen MR) is 112 cm³/mol. The highest BCUT2D eigenvalue weighted by molar-refractivity contribution is 5.90. The first-order chi connectivity index (χ1) is 14.1. The van der Waals surface area contributed by atoms with Crippen LogP contribution in [0, 0.1) is 23.2 Å². The van der Waals surface area contributed by atoms with Crippen molar-refractivity contribution in [3.8, 4) is 0 Å². The van der Waals surface area contributed by atoms with Gasteiger partial charge < -0.3 is 10.1 Å². The first-order valence-electron chi connectivity index (χ1n) is 10.9. The molecule has 2 aromatic rings. The molecule has 6 rings (SSSR count). The van der Waals surface area contributed by atoms with Gasteiger partial charge in [0.25, 0.3) is 0 Å². The number of hydrogen-bond acceptors (Lipinski definition) is 3. The van der Waals surface area contributed by atoms with Gasteiger partial charge in [0.2, 0.25) is 5.91 Å². The zero-order chi connectivity index (χ0) is 20.0. The highest BCUT2D eigenvalue weighted by atomic mass is 16.5. The molecule has 1 atom stereocenters. The summed E-state index contributed by atoms with van der Waals surface area (Å²) in [6.07, 6.45) is 7.31. The summed E-state index contributed by atoms with van der Waals surface area (Å²) in [5.74, 6) is 1.80. The van der Waals surface area contributed by atoms with E-state index in [1.165, 1.54) is 26.4 Å². The van der Waals surface area contributed by atoms with Crippen molar-refractivity contribution in [2.75, 3.05) is 7.11 Å². The van der Waals surface area contributed by atoms with E-state index in [-0.39, 0.29) is 17.3 Å². The van der Waals surface area contributed by atoms with Crippen molar-refractivity contribution in [3.63, 3.8) is 0 Å². The van der Waals surface area contributed by atoms with Crippen LogP contribution in [-0.4, -0.2) is 25.0 Å². The topological polar surface area (TPSA) is 55.4 Å². The summed E-state index contributed by atoms with van der Waals surface area (Å²) in [6.45, 7) is 0. The lowest BCUT2D eigenvalue weighted by atomic mass is 9.49. The molecule has 0 aromatic heterocycles. The zero-order valence-corrected chi connectivity index (χ0v) is 17.0. The molecule has 4 saturated carbocycles. The number of nitrogens with one attached hydrogen (secondary N) is 1. The Morgan fingerprint density at radius 2 is 1.62 bits per heavy atom. The van der Waals surface area contributed by atoms with E-state index in [0.29, 0.717) is 24.2 Å². The third kappa shape index (κ3) is 3.33. The van der Waals surface area contributed by atoms with E-state index >= 15 is 0 Å². The number of amides is 1. The third-order valence-electron chi connectivity index (χ3n) is 7.61. The second kappa shape index (κ2) is 7.16. The number of benzene rings is 2. The number of rotatable bonds is 5. The van der Waals surface area contributed by atoms with E-state index in [9.17, 15) is 9.59 Å². The summed E-state index contributed by atoms with van der Waals surface area (Å²) in [4.78, 5) is 26.0. The number of carbonyl (C=O) groups is 2. The SMILES string of the molecule is COC(=O)[C@H](Cc1cccc2ccccc12)NC(=O)C12CC3CC(CC(C3)C1)C2. The first-order valence-corrected chi connectivity index (χ1v) is 10.9. The van der Waals surface area contributed by atoms with Crippen molar-refractivity contribution in [2.45, 2.75) is 51.0 Å². The summed E-state index contributed by atoms with van der Waals surface area (Å²) in [5.41, 5.74) is 0.795. The Balaban J connectivity index is 1.39. The van der Waals surface area contributed by atoms with Gasteiger partial charge in [0.15, 0.2) is 0 Å². The minimum atomic E-state index is -0.647. The van der Waals surface area contributed by atoms with Crippen molar-refractivity contribution in [1.82, 2.24) is 5.32 Å². The molecular weight excluding hydrogens is 362 g/mol. The Kier molecular flexibility index (Phi) is 4.60. The third-order valence-corrected chi connectivity index (χ3v) is 7.61. The highest BCUT2D eigenvalue weighted by Crippen LogP contribution is 2.60. The van der Waals surface area contributed by atoms with Gasteiger partial charge in [-0.05, 0) is 72.6 Å². The average molecular weight is 392 g/mol. The van der Waals surface area contributed by atoms with Crippen molar-refractivity contribution < 1.29 is 14.3 Å². The lowest BCUT2D eigenvalue weighted by Crippen LogP contribution is -2.56. The van der Waals surface area contributed by atoms with E-state index in [4.69, 9.17) is 4.74 Å². The molecular formula is C25H29NO3. The van der Waals surface area contributed by atoms with Crippen LogP contribution < -0.4 is 5.32 Å². The van der Waals surface area contributed by atoms with E-state index in [1.807, 2.05) is 24.3 Å². The van der Waals surface area contributed by atoms with Crippen LogP contribution in [0.4, 0.5) is 0 Å². The standard InChI is InChI=1S/C25H29NO3/c1-29-23(27)22(12-20-7-4-6-19-5-2-3-8-21(19)20)26-24(28)25-13-16-9-17(14-25)11-18(10-16)15-25/h2-8,16-18,22H,9-15H2,1H3,(H,26,28)/t16?,17?,18?,22-,25?/m0/s1. The second-order valence-electron chi connectivity index (χ2n) is 9.59. The summed E-state index contributed by atoms with van der Waals surface area (Å²) in [5, 5.41) is 5.38. The molecule has 4 aliphatic carbocycles. The van der Waals surface area contributed by atoms with Crippen molar-refractivity contribution >= 4 is 22.6 Å². The molecule has 1 amide bonds. The fourth-order valence-electron chi connectivity index (χ4n) is 6.73. The Hall–Kier alpha value is -2.36. The summed E-state index contributed by atoms with van der Waals surface area (Å²) in [7, 11) is 1.40. The molecule has 29 heavy (non-hydrogen) atoms. The molecule has 1 N–H and O–H groups in total. The Labute approximate surface area is 172 Å². The lowest BCUT2D eigenvalue weighted by molar-refractivity contribution is -0.152. The minimum Gasteiger partial charge on any atom is -0.467 e. The van der Waals surface area contributed by atoms with Gasteiger partial charge >= 0.3 is 5.97 Å². The number of esters is 1. The van der Waals surface area contributed by atoms with E-state index in [0.717, 1.165) is 35.6 Å². The van der Waals surface area contributed by atoms with E-state index in [2.05, 4.69) is 23.5 Å². The number of carbonyl (C=O) groups excluding carboxylic acids is 2. The quantitative estimate of drug-likeness (QED) is 0.775. The number of methoxy groups -OCH3 is 1. The largest absolute Gasteiger partial charge is 0.467 e. The van der Waals surface area contributed by atoms with Crippen molar-refractivity contribution in [2.24, 2.45) is 23.2 Å². The number of hydrogen-bond donors (Lipinski definition) is 1.